The van der Waals surface area contributed by atoms with E-state index in [0.717, 1.165) is 28.8 Å². The van der Waals surface area contributed by atoms with E-state index < -0.39 is 10.0 Å². The number of para-hydroxylation sites is 1. The first-order chi connectivity index (χ1) is 12.8. The molecule has 0 saturated carbocycles. The smallest absolute Gasteiger partial charge is 0.232 e. The van der Waals surface area contributed by atoms with Gasteiger partial charge in [0.1, 0.15) is 0 Å². The van der Waals surface area contributed by atoms with Crippen molar-refractivity contribution in [2.24, 2.45) is 0 Å². The van der Waals surface area contributed by atoms with E-state index in [-0.39, 0.29) is 19.0 Å². The SMILES string of the molecule is CCc1cccc(C)c1N(CCNC(=O)CCc1ccccc1)S(C)(=O)=O. The molecule has 27 heavy (non-hydrogen) atoms. The van der Waals surface area contributed by atoms with Crippen molar-refractivity contribution >= 4 is 21.6 Å². The standard InChI is InChI=1S/C21H28N2O3S/c1-4-19-12-8-9-17(2)21(19)23(27(3,25)26)16-15-22-20(24)14-13-18-10-6-5-7-11-18/h5-12H,4,13-16H2,1-3H3,(H,22,24). The average molecular weight is 389 g/mol. The predicted molar refractivity (Wildman–Crippen MR) is 111 cm³/mol. The molecule has 0 bridgehead atoms. The average Bonchev–Trinajstić information content (AvgIpc) is 2.64. The van der Waals surface area contributed by atoms with Gasteiger partial charge < -0.3 is 5.32 Å². The highest BCUT2D eigenvalue weighted by molar-refractivity contribution is 7.92. The lowest BCUT2D eigenvalue weighted by atomic mass is 10.1. The van der Waals surface area contributed by atoms with E-state index in [1.165, 1.54) is 10.6 Å². The number of nitrogens with zero attached hydrogens (tertiary/aromatic N) is 1. The highest BCUT2D eigenvalue weighted by atomic mass is 32.2. The maximum Gasteiger partial charge on any atom is 0.232 e. The second kappa shape index (κ2) is 9.55. The molecule has 5 nitrogen and oxygen atoms in total. The Kier molecular flexibility index (Phi) is 7.42. The molecule has 0 atom stereocenters. The topological polar surface area (TPSA) is 66.5 Å². The zero-order valence-electron chi connectivity index (χ0n) is 16.2. The number of rotatable bonds is 9. The van der Waals surface area contributed by atoms with Crippen LogP contribution >= 0.6 is 0 Å². The third-order valence-electron chi connectivity index (χ3n) is 4.47. The van der Waals surface area contributed by atoms with Gasteiger partial charge in [-0.3, -0.25) is 9.10 Å². The third-order valence-corrected chi connectivity index (χ3v) is 5.64. The van der Waals surface area contributed by atoms with Gasteiger partial charge in [-0.2, -0.15) is 0 Å². The summed E-state index contributed by atoms with van der Waals surface area (Å²) in [5.41, 5.74) is 3.73. The minimum atomic E-state index is -3.44. The van der Waals surface area contributed by atoms with Crippen molar-refractivity contribution in [3.05, 3.63) is 65.2 Å². The fraction of sp³-hybridized carbons (Fsp3) is 0.381. The van der Waals surface area contributed by atoms with Crippen LogP contribution in [0.2, 0.25) is 0 Å². The summed E-state index contributed by atoms with van der Waals surface area (Å²) in [5, 5.41) is 2.84. The van der Waals surface area contributed by atoms with Crippen LogP contribution in [0.4, 0.5) is 5.69 Å². The second-order valence-electron chi connectivity index (χ2n) is 6.61. The first-order valence-electron chi connectivity index (χ1n) is 9.19. The van der Waals surface area contributed by atoms with Crippen LogP contribution < -0.4 is 9.62 Å². The highest BCUT2D eigenvalue weighted by Crippen LogP contribution is 2.27. The van der Waals surface area contributed by atoms with Crippen molar-refractivity contribution < 1.29 is 13.2 Å². The molecule has 0 heterocycles. The van der Waals surface area contributed by atoms with Crippen LogP contribution in [-0.4, -0.2) is 33.7 Å². The molecule has 0 unspecified atom stereocenters. The Morgan fingerprint density at radius 2 is 1.78 bits per heavy atom. The Bertz CT molecular complexity index is 864. The Hall–Kier alpha value is -2.34. The molecule has 2 aromatic carbocycles. The Balaban J connectivity index is 1.99. The molecule has 1 N–H and O–H groups in total. The molecule has 6 heteroatoms. The maximum atomic E-state index is 12.4. The third kappa shape index (κ3) is 6.10. The Morgan fingerprint density at radius 1 is 1.07 bits per heavy atom. The summed E-state index contributed by atoms with van der Waals surface area (Å²) in [6.07, 6.45) is 3.00. The molecule has 0 radical (unpaired) electrons. The van der Waals surface area contributed by atoms with Crippen molar-refractivity contribution in [1.82, 2.24) is 5.32 Å². The number of sulfonamides is 1. The molecule has 0 fully saturated rings. The largest absolute Gasteiger partial charge is 0.354 e. The van der Waals surface area contributed by atoms with Crippen molar-refractivity contribution in [3.63, 3.8) is 0 Å². The van der Waals surface area contributed by atoms with Crippen molar-refractivity contribution in [2.45, 2.75) is 33.1 Å². The lowest BCUT2D eigenvalue weighted by molar-refractivity contribution is -0.120. The fourth-order valence-corrected chi connectivity index (χ4v) is 4.11. The van der Waals surface area contributed by atoms with Gasteiger partial charge in [0.25, 0.3) is 0 Å². The van der Waals surface area contributed by atoms with Gasteiger partial charge in [0.15, 0.2) is 0 Å². The summed E-state index contributed by atoms with van der Waals surface area (Å²) in [6, 6.07) is 15.6. The Labute approximate surface area is 162 Å². The summed E-state index contributed by atoms with van der Waals surface area (Å²) in [7, 11) is -3.44. The van der Waals surface area contributed by atoms with Gasteiger partial charge in [0.05, 0.1) is 18.5 Å². The molecule has 1 amide bonds. The van der Waals surface area contributed by atoms with E-state index in [0.29, 0.717) is 12.8 Å². The van der Waals surface area contributed by atoms with E-state index in [2.05, 4.69) is 5.32 Å². The van der Waals surface area contributed by atoms with Crippen molar-refractivity contribution in [1.29, 1.82) is 0 Å². The molecule has 0 spiro atoms. The van der Waals surface area contributed by atoms with E-state index in [1.807, 2.05) is 62.4 Å². The zero-order chi connectivity index (χ0) is 19.9. The summed E-state index contributed by atoms with van der Waals surface area (Å²) in [4.78, 5) is 12.1. The normalized spacial score (nSPS) is 11.2. The summed E-state index contributed by atoms with van der Waals surface area (Å²) in [6.45, 7) is 4.40. The number of aryl methyl sites for hydroxylation is 3. The van der Waals surface area contributed by atoms with E-state index in [4.69, 9.17) is 0 Å². The van der Waals surface area contributed by atoms with Crippen LogP contribution in [0.1, 0.15) is 30.0 Å². The number of nitrogens with one attached hydrogen (secondary N) is 1. The van der Waals surface area contributed by atoms with Gasteiger partial charge in [0, 0.05) is 13.0 Å². The lowest BCUT2D eigenvalue weighted by Crippen LogP contribution is -2.39. The summed E-state index contributed by atoms with van der Waals surface area (Å²) < 4.78 is 26.1. The van der Waals surface area contributed by atoms with Gasteiger partial charge >= 0.3 is 0 Å². The number of carbonyl (C=O) groups excluding carboxylic acids is 1. The second-order valence-corrected chi connectivity index (χ2v) is 8.51. The molecule has 0 aliphatic rings. The number of hydrogen-bond donors (Lipinski definition) is 1. The summed E-state index contributed by atoms with van der Waals surface area (Å²) in [5.74, 6) is -0.0761. The number of hydrogen-bond acceptors (Lipinski definition) is 3. The van der Waals surface area contributed by atoms with Gasteiger partial charge in [0.2, 0.25) is 15.9 Å². The van der Waals surface area contributed by atoms with Gasteiger partial charge in [-0.15, -0.1) is 0 Å². The number of amides is 1. The van der Waals surface area contributed by atoms with Crippen molar-refractivity contribution in [3.8, 4) is 0 Å². The van der Waals surface area contributed by atoms with Crippen LogP contribution in [0.3, 0.4) is 0 Å². The Morgan fingerprint density at radius 3 is 2.41 bits per heavy atom. The van der Waals surface area contributed by atoms with Crippen LogP contribution in [0.5, 0.6) is 0 Å². The van der Waals surface area contributed by atoms with Gasteiger partial charge in [-0.1, -0.05) is 55.5 Å². The quantitative estimate of drug-likeness (QED) is 0.718. The van der Waals surface area contributed by atoms with Crippen LogP contribution in [0.15, 0.2) is 48.5 Å². The molecule has 0 aromatic heterocycles. The van der Waals surface area contributed by atoms with E-state index >= 15 is 0 Å². The minimum absolute atomic E-state index is 0.0761. The number of benzene rings is 2. The van der Waals surface area contributed by atoms with Gasteiger partial charge in [-0.25, -0.2) is 8.42 Å². The molecule has 0 aliphatic carbocycles. The monoisotopic (exact) mass is 388 g/mol. The molecular formula is C21H28N2O3S. The highest BCUT2D eigenvalue weighted by Gasteiger charge is 2.21. The minimum Gasteiger partial charge on any atom is -0.354 e. The van der Waals surface area contributed by atoms with Crippen LogP contribution in [-0.2, 0) is 27.7 Å². The van der Waals surface area contributed by atoms with Crippen molar-refractivity contribution in [2.75, 3.05) is 23.7 Å². The number of anilines is 1. The number of carbonyl (C=O) groups is 1. The first kappa shape index (κ1) is 21.0. The van der Waals surface area contributed by atoms with Gasteiger partial charge in [-0.05, 0) is 36.5 Å². The maximum absolute atomic E-state index is 12.4. The predicted octanol–water partition coefficient (Wildman–Crippen LogP) is 3.07. The van der Waals surface area contributed by atoms with Crippen LogP contribution in [0.25, 0.3) is 0 Å². The summed E-state index contributed by atoms with van der Waals surface area (Å²) >= 11 is 0. The molecular weight excluding hydrogens is 360 g/mol. The molecule has 2 rings (SSSR count). The van der Waals surface area contributed by atoms with E-state index in [1.54, 1.807) is 0 Å². The first-order valence-corrected chi connectivity index (χ1v) is 11.0. The van der Waals surface area contributed by atoms with Crippen LogP contribution in [0, 0.1) is 6.92 Å². The molecule has 0 aliphatic heterocycles. The lowest BCUT2D eigenvalue weighted by Gasteiger charge is -2.26. The molecule has 2 aromatic rings. The molecule has 146 valence electrons. The fourth-order valence-electron chi connectivity index (χ4n) is 3.09. The van der Waals surface area contributed by atoms with E-state index in [9.17, 15) is 13.2 Å². The zero-order valence-corrected chi connectivity index (χ0v) is 17.1. The molecule has 0 saturated heterocycles.